The molecule has 0 bridgehead atoms. The number of imidazole rings is 1. The van der Waals surface area contributed by atoms with Crippen molar-refractivity contribution in [3.05, 3.63) is 70.9 Å². The summed E-state index contributed by atoms with van der Waals surface area (Å²) in [6.07, 6.45) is 8.91. The number of benzene rings is 1. The lowest BCUT2D eigenvalue weighted by atomic mass is 9.93. The standard InChI is InChI=1S/C22H24N4OS/c27-21(18-1-3-19(4-2-18)25-11-10-24-16-25)26(14-17-5-12-28-15-17)20-13-22(20)6-8-23-9-7-22/h1-5,10-12,15-16,20,23H,6-9,13-14H2. The maximum absolute atomic E-state index is 13.5. The molecule has 144 valence electrons. The van der Waals surface area contributed by atoms with Gasteiger partial charge in [-0.3, -0.25) is 4.79 Å². The van der Waals surface area contributed by atoms with Gasteiger partial charge in [0.05, 0.1) is 6.33 Å². The van der Waals surface area contributed by atoms with Crippen LogP contribution >= 0.6 is 11.3 Å². The molecule has 3 aromatic rings. The summed E-state index contributed by atoms with van der Waals surface area (Å²) < 4.78 is 1.95. The molecule has 1 saturated heterocycles. The Morgan fingerprint density at radius 1 is 1.25 bits per heavy atom. The Morgan fingerprint density at radius 2 is 2.07 bits per heavy atom. The van der Waals surface area contributed by atoms with Gasteiger partial charge in [-0.25, -0.2) is 4.98 Å². The number of rotatable bonds is 5. The number of hydrogen-bond donors (Lipinski definition) is 1. The Labute approximate surface area is 169 Å². The lowest BCUT2D eigenvalue weighted by Crippen LogP contribution is -2.39. The summed E-state index contributed by atoms with van der Waals surface area (Å²) in [6, 6.07) is 10.3. The molecule has 1 aliphatic carbocycles. The first kappa shape index (κ1) is 17.6. The summed E-state index contributed by atoms with van der Waals surface area (Å²) in [6.45, 7) is 2.83. The Kier molecular flexibility index (Phi) is 4.53. The molecule has 5 rings (SSSR count). The van der Waals surface area contributed by atoms with Crippen molar-refractivity contribution in [2.75, 3.05) is 13.1 Å². The maximum Gasteiger partial charge on any atom is 0.254 e. The Balaban J connectivity index is 1.39. The lowest BCUT2D eigenvalue weighted by molar-refractivity contribution is 0.0692. The van der Waals surface area contributed by atoms with Crippen molar-refractivity contribution >= 4 is 17.2 Å². The molecule has 6 heteroatoms. The van der Waals surface area contributed by atoms with Crippen LogP contribution in [-0.2, 0) is 6.54 Å². The van der Waals surface area contributed by atoms with Gasteiger partial charge in [-0.2, -0.15) is 11.3 Å². The van der Waals surface area contributed by atoms with Gasteiger partial charge in [0.1, 0.15) is 0 Å². The van der Waals surface area contributed by atoms with Gasteiger partial charge in [-0.15, -0.1) is 0 Å². The second-order valence-corrected chi connectivity index (χ2v) is 8.69. The lowest BCUT2D eigenvalue weighted by Gasteiger charge is -2.29. The van der Waals surface area contributed by atoms with Crippen LogP contribution in [0.25, 0.3) is 5.69 Å². The average molecular weight is 393 g/mol. The van der Waals surface area contributed by atoms with E-state index in [9.17, 15) is 4.79 Å². The van der Waals surface area contributed by atoms with Crippen LogP contribution < -0.4 is 5.32 Å². The van der Waals surface area contributed by atoms with Crippen molar-refractivity contribution in [1.82, 2.24) is 19.8 Å². The second-order valence-electron chi connectivity index (χ2n) is 7.91. The zero-order valence-electron chi connectivity index (χ0n) is 15.8. The number of piperidine rings is 1. The molecule has 28 heavy (non-hydrogen) atoms. The predicted molar refractivity (Wildman–Crippen MR) is 111 cm³/mol. The van der Waals surface area contributed by atoms with Crippen LogP contribution in [0.3, 0.4) is 0 Å². The molecule has 1 N–H and O–H groups in total. The molecule has 1 amide bonds. The average Bonchev–Trinajstić information content (AvgIpc) is 3.18. The zero-order chi connectivity index (χ0) is 19.0. The molecule has 1 unspecified atom stereocenters. The molecule has 2 fully saturated rings. The molecule has 1 spiro atoms. The third kappa shape index (κ3) is 3.27. The van der Waals surface area contributed by atoms with Crippen molar-refractivity contribution in [2.24, 2.45) is 5.41 Å². The summed E-state index contributed by atoms with van der Waals surface area (Å²) in [7, 11) is 0. The van der Waals surface area contributed by atoms with E-state index in [0.717, 1.165) is 30.8 Å². The first-order valence-electron chi connectivity index (χ1n) is 9.86. The summed E-state index contributed by atoms with van der Waals surface area (Å²) in [5.41, 5.74) is 3.33. The number of nitrogens with one attached hydrogen (secondary N) is 1. The number of aromatic nitrogens is 2. The minimum Gasteiger partial charge on any atom is -0.331 e. The molecule has 5 nitrogen and oxygen atoms in total. The van der Waals surface area contributed by atoms with E-state index in [1.807, 2.05) is 35.0 Å². The van der Waals surface area contributed by atoms with E-state index in [4.69, 9.17) is 0 Å². The topological polar surface area (TPSA) is 50.2 Å². The maximum atomic E-state index is 13.5. The van der Waals surface area contributed by atoms with Gasteiger partial charge in [-0.1, -0.05) is 0 Å². The highest BCUT2D eigenvalue weighted by Crippen LogP contribution is 2.56. The zero-order valence-corrected chi connectivity index (χ0v) is 16.6. The fourth-order valence-corrected chi connectivity index (χ4v) is 5.15. The quantitative estimate of drug-likeness (QED) is 0.720. The minimum absolute atomic E-state index is 0.142. The summed E-state index contributed by atoms with van der Waals surface area (Å²) in [5, 5.41) is 7.70. The summed E-state index contributed by atoms with van der Waals surface area (Å²) in [5.74, 6) is 0.142. The number of carbonyl (C=O) groups is 1. The van der Waals surface area contributed by atoms with Crippen LogP contribution in [0.4, 0.5) is 0 Å². The smallest absolute Gasteiger partial charge is 0.254 e. The van der Waals surface area contributed by atoms with Gasteiger partial charge in [-0.05, 0) is 84.4 Å². The third-order valence-corrected chi connectivity index (χ3v) is 6.96. The highest BCUT2D eigenvalue weighted by Gasteiger charge is 2.57. The van der Waals surface area contributed by atoms with Gasteiger partial charge >= 0.3 is 0 Å². The van der Waals surface area contributed by atoms with Gasteiger partial charge in [0.25, 0.3) is 5.91 Å². The van der Waals surface area contributed by atoms with Crippen molar-refractivity contribution in [1.29, 1.82) is 0 Å². The highest BCUT2D eigenvalue weighted by molar-refractivity contribution is 7.07. The van der Waals surface area contributed by atoms with Crippen LogP contribution in [0.5, 0.6) is 0 Å². The van der Waals surface area contributed by atoms with Crippen LogP contribution in [0.2, 0.25) is 0 Å². The van der Waals surface area contributed by atoms with E-state index in [-0.39, 0.29) is 5.91 Å². The molecule has 0 radical (unpaired) electrons. The fourth-order valence-electron chi connectivity index (χ4n) is 4.49. The third-order valence-electron chi connectivity index (χ3n) is 6.23. The first-order valence-corrected chi connectivity index (χ1v) is 10.8. The Bertz CT molecular complexity index is 928. The number of amides is 1. The van der Waals surface area contributed by atoms with Gasteiger partial charge in [0, 0.05) is 36.2 Å². The van der Waals surface area contributed by atoms with Crippen molar-refractivity contribution in [2.45, 2.75) is 31.8 Å². The Morgan fingerprint density at radius 3 is 2.75 bits per heavy atom. The molecular formula is C22H24N4OS. The van der Waals surface area contributed by atoms with E-state index in [0.29, 0.717) is 18.0 Å². The molecule has 1 aromatic carbocycles. The normalized spacial score (nSPS) is 20.2. The SMILES string of the molecule is O=C(c1ccc(-n2ccnc2)cc1)N(Cc1ccsc1)C1CC12CCNCC2. The summed E-state index contributed by atoms with van der Waals surface area (Å²) in [4.78, 5) is 19.7. The molecule has 3 heterocycles. The molecule has 2 aromatic heterocycles. The predicted octanol–water partition coefficient (Wildman–Crippen LogP) is 3.72. The second kappa shape index (κ2) is 7.18. The summed E-state index contributed by atoms with van der Waals surface area (Å²) >= 11 is 1.69. The van der Waals surface area contributed by atoms with Crippen molar-refractivity contribution < 1.29 is 4.79 Å². The number of thiophene rings is 1. The van der Waals surface area contributed by atoms with Crippen LogP contribution in [-0.4, -0.2) is 39.5 Å². The highest BCUT2D eigenvalue weighted by atomic mass is 32.1. The van der Waals surface area contributed by atoms with Crippen molar-refractivity contribution in [3.8, 4) is 5.69 Å². The van der Waals surface area contributed by atoms with Gasteiger partial charge in [0.2, 0.25) is 0 Å². The molecule has 1 atom stereocenters. The number of nitrogens with zero attached hydrogens (tertiary/aromatic N) is 3. The van der Waals surface area contributed by atoms with Crippen LogP contribution in [0.1, 0.15) is 35.2 Å². The van der Waals surface area contributed by atoms with Crippen LogP contribution in [0.15, 0.2) is 59.8 Å². The Hall–Kier alpha value is -2.44. The van der Waals surface area contributed by atoms with E-state index < -0.39 is 0 Å². The number of hydrogen-bond acceptors (Lipinski definition) is 4. The van der Waals surface area contributed by atoms with Gasteiger partial charge < -0.3 is 14.8 Å². The van der Waals surface area contributed by atoms with E-state index in [1.54, 1.807) is 23.9 Å². The molecule has 1 aliphatic heterocycles. The molecule has 2 aliphatic rings. The fraction of sp³-hybridized carbons (Fsp3) is 0.364. The van der Waals surface area contributed by atoms with E-state index in [2.05, 4.69) is 32.0 Å². The molecule has 1 saturated carbocycles. The molecular weight excluding hydrogens is 368 g/mol. The van der Waals surface area contributed by atoms with Gasteiger partial charge in [0.15, 0.2) is 0 Å². The van der Waals surface area contributed by atoms with E-state index >= 15 is 0 Å². The van der Waals surface area contributed by atoms with Crippen LogP contribution in [0, 0.1) is 5.41 Å². The number of carbonyl (C=O) groups excluding carboxylic acids is 1. The van der Waals surface area contributed by atoms with Crippen molar-refractivity contribution in [3.63, 3.8) is 0 Å². The first-order chi connectivity index (χ1) is 13.8. The van der Waals surface area contributed by atoms with E-state index in [1.165, 1.54) is 18.4 Å². The monoisotopic (exact) mass is 392 g/mol. The minimum atomic E-state index is 0.142. The largest absolute Gasteiger partial charge is 0.331 e.